The Labute approximate surface area is 119 Å². The average molecular weight is 333 g/mol. The van der Waals surface area contributed by atoms with Gasteiger partial charge in [0, 0.05) is 31.2 Å². The maximum Gasteiger partial charge on any atom is 0.227 e. The molecule has 3 nitrogen and oxygen atoms in total. The van der Waals surface area contributed by atoms with Gasteiger partial charge in [-0.15, -0.1) is 0 Å². The zero-order valence-corrected chi connectivity index (χ0v) is 12.1. The van der Waals surface area contributed by atoms with E-state index in [9.17, 15) is 13.6 Å². The van der Waals surface area contributed by atoms with Crippen LogP contribution in [0.4, 0.5) is 8.78 Å². The summed E-state index contributed by atoms with van der Waals surface area (Å²) in [5.74, 6) is -1.29. The van der Waals surface area contributed by atoms with E-state index in [1.165, 1.54) is 0 Å². The van der Waals surface area contributed by atoms with Gasteiger partial charge in [0.05, 0.1) is 10.9 Å². The monoisotopic (exact) mass is 332 g/mol. The lowest BCUT2D eigenvalue weighted by molar-refractivity contribution is -0.131. The standard InChI is InChI=1S/C13H15BrF2N2O/c1-8-7-18(3-2-17-8)13(19)5-9-4-12(16)10(14)6-11(9)15/h4,6,8,17H,2-3,5,7H2,1H3/t8-/m1/s1. The molecule has 0 unspecified atom stereocenters. The Morgan fingerprint density at radius 1 is 1.47 bits per heavy atom. The summed E-state index contributed by atoms with van der Waals surface area (Å²) in [5, 5.41) is 3.22. The molecule has 6 heteroatoms. The van der Waals surface area contributed by atoms with Gasteiger partial charge >= 0.3 is 0 Å². The number of nitrogens with zero attached hydrogens (tertiary/aromatic N) is 1. The first-order valence-electron chi connectivity index (χ1n) is 6.12. The molecular weight excluding hydrogens is 318 g/mol. The third-order valence-corrected chi connectivity index (χ3v) is 3.76. The second-order valence-electron chi connectivity index (χ2n) is 4.73. The first-order chi connectivity index (χ1) is 8.97. The highest BCUT2D eigenvalue weighted by molar-refractivity contribution is 9.10. The molecule has 1 atom stereocenters. The number of hydrogen-bond donors (Lipinski definition) is 1. The largest absolute Gasteiger partial charge is 0.340 e. The molecule has 0 radical (unpaired) electrons. The number of amides is 1. The van der Waals surface area contributed by atoms with Crippen molar-refractivity contribution in [2.45, 2.75) is 19.4 Å². The summed E-state index contributed by atoms with van der Waals surface area (Å²) in [6.45, 7) is 3.91. The predicted octanol–water partition coefficient (Wildman–Crippen LogP) is 2.09. The molecule has 0 spiro atoms. The van der Waals surface area contributed by atoms with Crippen LogP contribution in [0.5, 0.6) is 0 Å². The van der Waals surface area contributed by atoms with Crippen molar-refractivity contribution in [2.24, 2.45) is 0 Å². The highest BCUT2D eigenvalue weighted by atomic mass is 79.9. The second-order valence-corrected chi connectivity index (χ2v) is 5.58. The van der Waals surface area contributed by atoms with Crippen molar-refractivity contribution in [3.05, 3.63) is 33.8 Å². The fraction of sp³-hybridized carbons (Fsp3) is 0.462. The van der Waals surface area contributed by atoms with Gasteiger partial charge in [0.2, 0.25) is 5.91 Å². The van der Waals surface area contributed by atoms with Crippen molar-refractivity contribution in [2.75, 3.05) is 19.6 Å². The summed E-state index contributed by atoms with van der Waals surface area (Å²) in [6, 6.07) is 2.35. The molecule has 2 rings (SSSR count). The highest BCUT2D eigenvalue weighted by Crippen LogP contribution is 2.20. The molecule has 1 aromatic rings. The van der Waals surface area contributed by atoms with E-state index < -0.39 is 11.6 Å². The zero-order chi connectivity index (χ0) is 14.0. The summed E-state index contributed by atoms with van der Waals surface area (Å²) in [5.41, 5.74) is 0.0943. The Hall–Kier alpha value is -1.01. The maximum atomic E-state index is 13.7. The van der Waals surface area contributed by atoms with Gasteiger partial charge in [0.25, 0.3) is 0 Å². The average Bonchev–Trinajstić information content (AvgIpc) is 2.36. The Balaban J connectivity index is 2.08. The maximum absolute atomic E-state index is 13.7. The summed E-state index contributed by atoms with van der Waals surface area (Å²) >= 11 is 2.91. The van der Waals surface area contributed by atoms with Crippen LogP contribution in [-0.4, -0.2) is 36.5 Å². The van der Waals surface area contributed by atoms with Gasteiger partial charge in [-0.25, -0.2) is 8.78 Å². The number of nitrogens with one attached hydrogen (secondary N) is 1. The number of carbonyl (C=O) groups is 1. The highest BCUT2D eigenvalue weighted by Gasteiger charge is 2.21. The van der Waals surface area contributed by atoms with E-state index in [0.29, 0.717) is 13.1 Å². The Morgan fingerprint density at radius 2 is 2.21 bits per heavy atom. The number of piperazine rings is 1. The minimum absolute atomic E-state index is 0.0667. The van der Waals surface area contributed by atoms with E-state index in [0.717, 1.165) is 18.7 Å². The van der Waals surface area contributed by atoms with Crippen LogP contribution in [0.1, 0.15) is 12.5 Å². The Bertz CT molecular complexity index is 496. The molecule has 0 saturated carbocycles. The molecule has 1 aromatic carbocycles. The lowest BCUT2D eigenvalue weighted by Crippen LogP contribution is -2.51. The molecule has 0 aliphatic carbocycles. The number of benzene rings is 1. The van der Waals surface area contributed by atoms with Crippen LogP contribution in [0.15, 0.2) is 16.6 Å². The topological polar surface area (TPSA) is 32.3 Å². The van der Waals surface area contributed by atoms with Crippen LogP contribution >= 0.6 is 15.9 Å². The van der Waals surface area contributed by atoms with Gasteiger partial charge < -0.3 is 10.2 Å². The fourth-order valence-corrected chi connectivity index (χ4v) is 2.45. The second kappa shape index (κ2) is 5.96. The van der Waals surface area contributed by atoms with Crippen LogP contribution in [0, 0.1) is 11.6 Å². The molecule has 1 aliphatic heterocycles. The minimum Gasteiger partial charge on any atom is -0.340 e. The minimum atomic E-state index is -0.565. The zero-order valence-electron chi connectivity index (χ0n) is 10.5. The quantitative estimate of drug-likeness (QED) is 0.841. The predicted molar refractivity (Wildman–Crippen MR) is 71.8 cm³/mol. The molecular formula is C13H15BrF2N2O. The summed E-state index contributed by atoms with van der Waals surface area (Å²) in [4.78, 5) is 13.7. The Morgan fingerprint density at radius 3 is 2.89 bits per heavy atom. The first kappa shape index (κ1) is 14.4. The van der Waals surface area contributed by atoms with Gasteiger partial charge in [-0.2, -0.15) is 0 Å². The van der Waals surface area contributed by atoms with Crippen molar-refractivity contribution in [1.29, 1.82) is 0 Å². The molecule has 1 N–H and O–H groups in total. The smallest absolute Gasteiger partial charge is 0.227 e. The molecule has 1 saturated heterocycles. The number of carbonyl (C=O) groups excluding carboxylic acids is 1. The van der Waals surface area contributed by atoms with Crippen LogP contribution in [0.25, 0.3) is 0 Å². The van der Waals surface area contributed by atoms with Crippen molar-refractivity contribution < 1.29 is 13.6 Å². The molecule has 1 fully saturated rings. The molecule has 1 heterocycles. The molecule has 0 bridgehead atoms. The van der Waals surface area contributed by atoms with E-state index in [-0.39, 0.29) is 28.4 Å². The van der Waals surface area contributed by atoms with Gasteiger partial charge in [-0.1, -0.05) is 0 Å². The van der Waals surface area contributed by atoms with E-state index >= 15 is 0 Å². The van der Waals surface area contributed by atoms with Crippen LogP contribution in [0.2, 0.25) is 0 Å². The Kier molecular flexibility index (Phi) is 4.52. The van der Waals surface area contributed by atoms with Gasteiger partial charge in [0.1, 0.15) is 11.6 Å². The number of rotatable bonds is 2. The van der Waals surface area contributed by atoms with Gasteiger partial charge in [-0.3, -0.25) is 4.79 Å². The van der Waals surface area contributed by atoms with E-state index in [1.807, 2.05) is 6.92 Å². The van der Waals surface area contributed by atoms with E-state index in [2.05, 4.69) is 21.2 Å². The molecule has 1 aliphatic rings. The number of halogens is 3. The summed E-state index contributed by atoms with van der Waals surface area (Å²) in [6.07, 6.45) is -0.108. The van der Waals surface area contributed by atoms with Crippen LogP contribution < -0.4 is 5.32 Å². The van der Waals surface area contributed by atoms with Crippen molar-refractivity contribution >= 4 is 21.8 Å². The van der Waals surface area contributed by atoms with Crippen molar-refractivity contribution in [1.82, 2.24) is 10.2 Å². The fourth-order valence-electron chi connectivity index (χ4n) is 2.13. The molecule has 104 valence electrons. The normalized spacial score (nSPS) is 19.6. The van der Waals surface area contributed by atoms with Crippen LogP contribution in [-0.2, 0) is 11.2 Å². The third kappa shape index (κ3) is 3.51. The SMILES string of the molecule is C[C@@H]1CN(C(=O)Cc2cc(F)c(Br)cc2F)CCN1. The first-order valence-corrected chi connectivity index (χ1v) is 6.91. The number of hydrogen-bond acceptors (Lipinski definition) is 2. The summed E-state index contributed by atoms with van der Waals surface area (Å²) in [7, 11) is 0. The molecule has 0 aromatic heterocycles. The van der Waals surface area contributed by atoms with Gasteiger partial charge in [0.15, 0.2) is 0 Å². The third-order valence-electron chi connectivity index (χ3n) is 3.15. The van der Waals surface area contributed by atoms with E-state index in [4.69, 9.17) is 0 Å². The van der Waals surface area contributed by atoms with E-state index in [1.54, 1.807) is 4.90 Å². The molecule has 1 amide bonds. The lowest BCUT2D eigenvalue weighted by Gasteiger charge is -2.32. The van der Waals surface area contributed by atoms with Crippen molar-refractivity contribution in [3.63, 3.8) is 0 Å². The summed E-state index contributed by atoms with van der Waals surface area (Å²) < 4.78 is 27.1. The van der Waals surface area contributed by atoms with Crippen LogP contribution in [0.3, 0.4) is 0 Å². The lowest BCUT2D eigenvalue weighted by atomic mass is 10.1. The van der Waals surface area contributed by atoms with Crippen molar-refractivity contribution in [3.8, 4) is 0 Å². The molecule has 19 heavy (non-hydrogen) atoms. The van der Waals surface area contributed by atoms with Gasteiger partial charge in [-0.05, 0) is 35.0 Å².